The molecule has 0 aliphatic rings. The van der Waals surface area contributed by atoms with E-state index < -0.39 is 6.10 Å². The summed E-state index contributed by atoms with van der Waals surface area (Å²) in [5, 5.41) is 10.1. The Morgan fingerprint density at radius 2 is 2.12 bits per heavy atom. The van der Waals surface area contributed by atoms with Crippen molar-refractivity contribution in [1.82, 2.24) is 9.55 Å². The highest BCUT2D eigenvalue weighted by Gasteiger charge is 2.07. The zero-order chi connectivity index (χ0) is 12.1. The summed E-state index contributed by atoms with van der Waals surface area (Å²) in [5.74, 6) is 1.07. The summed E-state index contributed by atoms with van der Waals surface area (Å²) >= 11 is 1.80. The predicted octanol–water partition coefficient (Wildman–Crippen LogP) is 2.73. The first kappa shape index (κ1) is 12.2. The Balaban J connectivity index is 2.01. The summed E-state index contributed by atoms with van der Waals surface area (Å²) < 4.78 is 1.87. The number of aliphatic hydroxyl groups is 1. The molecule has 90 valence electrons. The Morgan fingerprint density at radius 1 is 1.35 bits per heavy atom. The van der Waals surface area contributed by atoms with Crippen LogP contribution in [0, 0.1) is 0 Å². The predicted molar refractivity (Wildman–Crippen MR) is 70.0 cm³/mol. The SMILES string of the molecule is CCSc1ccc(C(O)Cn2ccnc2)cc1. The smallest absolute Gasteiger partial charge is 0.0969 e. The van der Waals surface area contributed by atoms with Crippen LogP contribution < -0.4 is 0 Å². The number of nitrogens with zero attached hydrogens (tertiary/aromatic N) is 2. The second-order valence-electron chi connectivity index (χ2n) is 3.78. The Kier molecular flexibility index (Phi) is 4.23. The molecule has 0 saturated carbocycles. The minimum absolute atomic E-state index is 0.482. The molecule has 1 aromatic heterocycles. The number of hydrogen-bond donors (Lipinski definition) is 1. The maximum atomic E-state index is 10.1. The molecule has 0 bridgehead atoms. The standard InChI is InChI=1S/C13H16N2OS/c1-2-17-12-5-3-11(4-6-12)13(16)9-15-8-7-14-10-15/h3-8,10,13,16H,2,9H2,1H3. The van der Waals surface area contributed by atoms with Crippen molar-refractivity contribution in [2.45, 2.75) is 24.5 Å². The van der Waals surface area contributed by atoms with Crippen LogP contribution in [0.1, 0.15) is 18.6 Å². The number of aliphatic hydroxyl groups excluding tert-OH is 1. The minimum Gasteiger partial charge on any atom is -0.387 e. The van der Waals surface area contributed by atoms with Crippen LogP contribution in [0.25, 0.3) is 0 Å². The van der Waals surface area contributed by atoms with Gasteiger partial charge in [0.15, 0.2) is 0 Å². The number of benzene rings is 1. The first-order valence-electron chi connectivity index (χ1n) is 5.66. The average molecular weight is 248 g/mol. The average Bonchev–Trinajstić information content (AvgIpc) is 2.83. The Hall–Kier alpha value is -1.26. The van der Waals surface area contributed by atoms with Gasteiger partial charge in [0.25, 0.3) is 0 Å². The van der Waals surface area contributed by atoms with Crippen LogP contribution >= 0.6 is 11.8 Å². The van der Waals surface area contributed by atoms with Crippen molar-refractivity contribution in [2.75, 3.05) is 5.75 Å². The molecular formula is C13H16N2OS. The second-order valence-corrected chi connectivity index (χ2v) is 5.11. The van der Waals surface area contributed by atoms with Crippen molar-refractivity contribution in [3.63, 3.8) is 0 Å². The van der Waals surface area contributed by atoms with Crippen molar-refractivity contribution in [1.29, 1.82) is 0 Å². The van der Waals surface area contributed by atoms with Gasteiger partial charge in [-0.2, -0.15) is 0 Å². The van der Waals surface area contributed by atoms with E-state index in [1.54, 1.807) is 24.3 Å². The molecule has 2 aromatic rings. The Bertz CT molecular complexity index is 439. The molecule has 0 radical (unpaired) electrons. The molecule has 0 amide bonds. The van der Waals surface area contributed by atoms with Gasteiger partial charge in [0.1, 0.15) is 0 Å². The fraction of sp³-hybridized carbons (Fsp3) is 0.308. The van der Waals surface area contributed by atoms with Crippen molar-refractivity contribution < 1.29 is 5.11 Å². The lowest BCUT2D eigenvalue weighted by Crippen LogP contribution is -2.06. The van der Waals surface area contributed by atoms with Gasteiger partial charge in [-0.25, -0.2) is 4.98 Å². The van der Waals surface area contributed by atoms with E-state index in [4.69, 9.17) is 0 Å². The van der Waals surface area contributed by atoms with Gasteiger partial charge in [0.2, 0.25) is 0 Å². The van der Waals surface area contributed by atoms with Crippen LogP contribution in [0.15, 0.2) is 47.9 Å². The molecule has 1 unspecified atom stereocenters. The van der Waals surface area contributed by atoms with Gasteiger partial charge in [-0.1, -0.05) is 19.1 Å². The molecule has 17 heavy (non-hydrogen) atoms. The van der Waals surface area contributed by atoms with Crippen LogP contribution in [0.3, 0.4) is 0 Å². The van der Waals surface area contributed by atoms with Crippen molar-refractivity contribution >= 4 is 11.8 Å². The van der Waals surface area contributed by atoms with E-state index in [2.05, 4.69) is 24.0 Å². The van der Waals surface area contributed by atoms with E-state index in [1.165, 1.54) is 4.90 Å². The minimum atomic E-state index is -0.482. The van der Waals surface area contributed by atoms with Gasteiger partial charge >= 0.3 is 0 Å². The molecule has 0 saturated heterocycles. The van der Waals surface area contributed by atoms with E-state index in [1.807, 2.05) is 22.9 Å². The first-order valence-corrected chi connectivity index (χ1v) is 6.64. The van der Waals surface area contributed by atoms with E-state index in [9.17, 15) is 5.11 Å². The lowest BCUT2D eigenvalue weighted by atomic mass is 10.1. The molecular weight excluding hydrogens is 232 g/mol. The normalized spacial score (nSPS) is 12.6. The van der Waals surface area contributed by atoms with Crippen molar-refractivity contribution in [3.05, 3.63) is 48.5 Å². The summed E-state index contributed by atoms with van der Waals surface area (Å²) in [6, 6.07) is 8.08. The van der Waals surface area contributed by atoms with E-state index >= 15 is 0 Å². The lowest BCUT2D eigenvalue weighted by Gasteiger charge is -2.12. The van der Waals surface area contributed by atoms with Crippen molar-refractivity contribution in [2.24, 2.45) is 0 Å². The third kappa shape index (κ3) is 3.35. The molecule has 0 spiro atoms. The maximum Gasteiger partial charge on any atom is 0.0969 e. The number of rotatable bonds is 5. The number of aromatic nitrogens is 2. The van der Waals surface area contributed by atoms with Crippen molar-refractivity contribution in [3.8, 4) is 0 Å². The summed E-state index contributed by atoms with van der Waals surface area (Å²) in [6.45, 7) is 2.67. The fourth-order valence-corrected chi connectivity index (χ4v) is 2.31. The van der Waals surface area contributed by atoms with E-state index in [-0.39, 0.29) is 0 Å². The highest BCUT2D eigenvalue weighted by atomic mass is 32.2. The van der Waals surface area contributed by atoms with Gasteiger partial charge in [-0.3, -0.25) is 0 Å². The highest BCUT2D eigenvalue weighted by Crippen LogP contribution is 2.21. The molecule has 1 aromatic carbocycles. The number of thioether (sulfide) groups is 1. The highest BCUT2D eigenvalue weighted by molar-refractivity contribution is 7.99. The largest absolute Gasteiger partial charge is 0.387 e. The summed E-state index contributed by atoms with van der Waals surface area (Å²) in [5.41, 5.74) is 0.944. The van der Waals surface area contributed by atoms with Gasteiger partial charge in [0, 0.05) is 17.3 Å². The second kappa shape index (κ2) is 5.89. The van der Waals surface area contributed by atoms with Crippen LogP contribution in [0.4, 0.5) is 0 Å². The van der Waals surface area contributed by atoms with E-state index in [0.29, 0.717) is 6.54 Å². The van der Waals surface area contributed by atoms with Crippen LogP contribution in [0.5, 0.6) is 0 Å². The monoisotopic (exact) mass is 248 g/mol. The molecule has 0 aliphatic carbocycles. The third-order valence-electron chi connectivity index (χ3n) is 2.52. The van der Waals surface area contributed by atoms with E-state index in [0.717, 1.165) is 11.3 Å². The lowest BCUT2D eigenvalue weighted by molar-refractivity contribution is 0.156. The zero-order valence-corrected chi connectivity index (χ0v) is 10.6. The number of hydrogen-bond acceptors (Lipinski definition) is 3. The fourth-order valence-electron chi connectivity index (χ4n) is 1.65. The quantitative estimate of drug-likeness (QED) is 0.827. The molecule has 1 heterocycles. The third-order valence-corrected chi connectivity index (χ3v) is 3.41. The zero-order valence-electron chi connectivity index (χ0n) is 9.78. The molecule has 4 heteroatoms. The van der Waals surface area contributed by atoms with Gasteiger partial charge in [0.05, 0.1) is 19.0 Å². The maximum absolute atomic E-state index is 10.1. The first-order chi connectivity index (χ1) is 8.29. The van der Waals surface area contributed by atoms with Crippen LogP contribution in [-0.2, 0) is 6.54 Å². The Morgan fingerprint density at radius 3 is 2.71 bits per heavy atom. The summed E-state index contributed by atoms with van der Waals surface area (Å²) in [7, 11) is 0. The Labute approximate surface area is 106 Å². The topological polar surface area (TPSA) is 38.0 Å². The number of imidazole rings is 1. The van der Waals surface area contributed by atoms with Gasteiger partial charge in [-0.05, 0) is 23.4 Å². The van der Waals surface area contributed by atoms with Gasteiger partial charge < -0.3 is 9.67 Å². The van der Waals surface area contributed by atoms with Crippen LogP contribution in [-0.4, -0.2) is 20.4 Å². The molecule has 2 rings (SSSR count). The van der Waals surface area contributed by atoms with Gasteiger partial charge in [-0.15, -0.1) is 11.8 Å². The molecule has 1 atom stereocenters. The summed E-state index contributed by atoms with van der Waals surface area (Å²) in [6.07, 6.45) is 4.80. The molecule has 0 fully saturated rings. The molecule has 0 aliphatic heterocycles. The molecule has 1 N–H and O–H groups in total. The van der Waals surface area contributed by atoms with Crippen LogP contribution in [0.2, 0.25) is 0 Å². The summed E-state index contributed by atoms with van der Waals surface area (Å²) in [4.78, 5) is 5.20. The molecule has 3 nitrogen and oxygen atoms in total.